The number of nitrogen functional groups attached to an aromatic ring is 1. The number of nitrogens with two attached hydrogens (primary N) is 1. The smallest absolute Gasteiger partial charge is 0.223 e. The van der Waals surface area contributed by atoms with Gasteiger partial charge in [-0.05, 0) is 38.5 Å². The molecule has 0 radical (unpaired) electrons. The van der Waals surface area contributed by atoms with Crippen LogP contribution in [0.3, 0.4) is 0 Å². The summed E-state index contributed by atoms with van der Waals surface area (Å²) in [6, 6.07) is 8.37. The Labute approximate surface area is 121 Å². The van der Waals surface area contributed by atoms with Crippen LogP contribution in [0.25, 0.3) is 10.2 Å². The lowest BCUT2D eigenvalue weighted by molar-refractivity contribution is 1.24. The number of aryl methyl sites for hydroxylation is 3. The summed E-state index contributed by atoms with van der Waals surface area (Å²) < 4.78 is 0. The summed E-state index contributed by atoms with van der Waals surface area (Å²) in [5.41, 5.74) is 9.26. The number of thiophene rings is 1. The Morgan fingerprint density at radius 2 is 1.90 bits per heavy atom. The average molecular weight is 284 g/mol. The second kappa shape index (κ2) is 4.76. The highest BCUT2D eigenvalue weighted by Crippen LogP contribution is 2.31. The maximum absolute atomic E-state index is 5.79. The second-order valence-corrected chi connectivity index (χ2v) is 6.18. The molecule has 1 aromatic carbocycles. The molecular formula is C15H16N4S. The molecule has 0 aliphatic heterocycles. The molecule has 0 saturated carbocycles. The Balaban J connectivity index is 2.10. The molecule has 0 fully saturated rings. The molecule has 0 spiro atoms. The van der Waals surface area contributed by atoms with Crippen molar-refractivity contribution in [3.63, 3.8) is 0 Å². The molecule has 0 bridgehead atoms. The molecule has 0 amide bonds. The van der Waals surface area contributed by atoms with Gasteiger partial charge < -0.3 is 11.1 Å². The van der Waals surface area contributed by atoms with E-state index in [4.69, 9.17) is 5.73 Å². The van der Waals surface area contributed by atoms with E-state index in [2.05, 4.69) is 60.3 Å². The van der Waals surface area contributed by atoms with E-state index < -0.39 is 0 Å². The van der Waals surface area contributed by atoms with E-state index in [1.54, 1.807) is 11.3 Å². The van der Waals surface area contributed by atoms with Crippen LogP contribution in [0, 0.1) is 20.8 Å². The minimum atomic E-state index is 0.298. The lowest BCUT2D eigenvalue weighted by Crippen LogP contribution is -2.01. The predicted octanol–water partition coefficient (Wildman–Crippen LogP) is 3.94. The van der Waals surface area contributed by atoms with E-state index in [9.17, 15) is 0 Å². The van der Waals surface area contributed by atoms with Crippen molar-refractivity contribution < 1.29 is 0 Å². The number of aromatic nitrogens is 2. The molecule has 0 aliphatic rings. The quantitative estimate of drug-likeness (QED) is 0.748. The van der Waals surface area contributed by atoms with Crippen molar-refractivity contribution in [1.82, 2.24) is 9.97 Å². The molecule has 2 aromatic heterocycles. The van der Waals surface area contributed by atoms with Crippen molar-refractivity contribution in [2.24, 2.45) is 0 Å². The van der Waals surface area contributed by atoms with Crippen LogP contribution in [0.1, 0.15) is 16.0 Å². The predicted molar refractivity (Wildman–Crippen MR) is 85.8 cm³/mol. The van der Waals surface area contributed by atoms with Gasteiger partial charge in [0, 0.05) is 10.6 Å². The largest absolute Gasteiger partial charge is 0.368 e. The molecule has 0 unspecified atom stereocenters. The summed E-state index contributed by atoms with van der Waals surface area (Å²) in [4.78, 5) is 10.7. The van der Waals surface area contributed by atoms with Crippen molar-refractivity contribution in [1.29, 1.82) is 0 Å². The molecule has 5 heteroatoms. The molecule has 102 valence electrons. The summed E-state index contributed by atoms with van der Waals surface area (Å²) in [6.45, 7) is 6.22. The van der Waals surface area contributed by atoms with Crippen LogP contribution in [0.2, 0.25) is 0 Å². The number of nitrogens with one attached hydrogen (secondary N) is 1. The third-order valence-electron chi connectivity index (χ3n) is 3.17. The molecule has 3 aromatic rings. The first-order valence-electron chi connectivity index (χ1n) is 6.41. The number of hydrogen-bond acceptors (Lipinski definition) is 5. The van der Waals surface area contributed by atoms with E-state index in [1.807, 2.05) is 0 Å². The van der Waals surface area contributed by atoms with E-state index in [-0.39, 0.29) is 0 Å². The first-order valence-corrected chi connectivity index (χ1v) is 7.22. The monoisotopic (exact) mass is 284 g/mol. The van der Waals surface area contributed by atoms with Crippen molar-refractivity contribution >= 4 is 39.0 Å². The number of nitrogens with zero attached hydrogens (tertiary/aromatic N) is 2. The summed E-state index contributed by atoms with van der Waals surface area (Å²) in [5.74, 6) is 1.07. The molecule has 3 N–H and O–H groups in total. The van der Waals surface area contributed by atoms with Gasteiger partial charge in [-0.2, -0.15) is 4.98 Å². The van der Waals surface area contributed by atoms with Gasteiger partial charge in [0.2, 0.25) is 5.95 Å². The van der Waals surface area contributed by atoms with Crippen LogP contribution in [-0.2, 0) is 0 Å². The standard InChI is InChI=1S/C15H16N4S/c1-8-4-5-12(9(2)6-8)17-13-11-7-10(3)20-14(11)19-15(16)18-13/h4-7H,1-3H3,(H3,16,17,18,19). The molecule has 0 aliphatic carbocycles. The van der Waals surface area contributed by atoms with E-state index in [0.29, 0.717) is 5.95 Å². The SMILES string of the molecule is Cc1ccc(Nc2nc(N)nc3sc(C)cc23)c(C)c1. The fraction of sp³-hybridized carbons (Fsp3) is 0.200. The summed E-state index contributed by atoms with van der Waals surface area (Å²) in [7, 11) is 0. The maximum Gasteiger partial charge on any atom is 0.223 e. The number of rotatable bonds is 2. The maximum atomic E-state index is 5.79. The minimum absolute atomic E-state index is 0.298. The zero-order chi connectivity index (χ0) is 14.3. The first kappa shape index (κ1) is 12.9. The third kappa shape index (κ3) is 2.32. The van der Waals surface area contributed by atoms with E-state index in [0.717, 1.165) is 21.7 Å². The minimum Gasteiger partial charge on any atom is -0.368 e. The van der Waals surface area contributed by atoms with Gasteiger partial charge in [-0.15, -0.1) is 11.3 Å². The highest BCUT2D eigenvalue weighted by molar-refractivity contribution is 7.18. The average Bonchev–Trinajstić information content (AvgIpc) is 2.73. The summed E-state index contributed by atoms with van der Waals surface area (Å²) >= 11 is 1.63. The van der Waals surface area contributed by atoms with Gasteiger partial charge in [0.1, 0.15) is 10.6 Å². The lowest BCUT2D eigenvalue weighted by Gasteiger charge is -2.10. The van der Waals surface area contributed by atoms with Crippen LogP contribution in [0.15, 0.2) is 24.3 Å². The topological polar surface area (TPSA) is 63.8 Å². The molecular weight excluding hydrogens is 268 g/mol. The lowest BCUT2D eigenvalue weighted by atomic mass is 10.1. The first-order chi connectivity index (χ1) is 9.52. The Bertz CT molecular complexity index is 792. The van der Waals surface area contributed by atoms with Gasteiger partial charge in [0.05, 0.1) is 5.39 Å². The Morgan fingerprint density at radius 1 is 1.10 bits per heavy atom. The van der Waals surface area contributed by atoms with Crippen molar-refractivity contribution in [3.8, 4) is 0 Å². The highest BCUT2D eigenvalue weighted by Gasteiger charge is 2.10. The third-order valence-corrected chi connectivity index (χ3v) is 4.11. The molecule has 20 heavy (non-hydrogen) atoms. The van der Waals surface area contributed by atoms with Crippen molar-refractivity contribution in [2.75, 3.05) is 11.1 Å². The van der Waals surface area contributed by atoms with Gasteiger partial charge in [-0.3, -0.25) is 0 Å². The highest BCUT2D eigenvalue weighted by atomic mass is 32.1. The van der Waals surface area contributed by atoms with Gasteiger partial charge >= 0.3 is 0 Å². The van der Waals surface area contributed by atoms with Gasteiger partial charge in [-0.25, -0.2) is 4.98 Å². The number of benzene rings is 1. The van der Waals surface area contributed by atoms with Gasteiger partial charge in [0.25, 0.3) is 0 Å². The van der Waals surface area contributed by atoms with Crippen LogP contribution in [0.4, 0.5) is 17.5 Å². The summed E-state index contributed by atoms with van der Waals surface area (Å²) in [6.07, 6.45) is 0. The van der Waals surface area contributed by atoms with Crippen LogP contribution in [0.5, 0.6) is 0 Å². The van der Waals surface area contributed by atoms with Crippen molar-refractivity contribution in [2.45, 2.75) is 20.8 Å². The number of anilines is 3. The fourth-order valence-electron chi connectivity index (χ4n) is 2.24. The van der Waals surface area contributed by atoms with Gasteiger partial charge in [0.15, 0.2) is 0 Å². The second-order valence-electron chi connectivity index (χ2n) is 4.95. The molecule has 0 atom stereocenters. The normalized spacial score (nSPS) is 10.9. The van der Waals surface area contributed by atoms with Crippen molar-refractivity contribution in [3.05, 3.63) is 40.3 Å². The van der Waals surface area contributed by atoms with Gasteiger partial charge in [-0.1, -0.05) is 17.7 Å². The van der Waals surface area contributed by atoms with Crippen LogP contribution in [-0.4, -0.2) is 9.97 Å². The molecule has 4 nitrogen and oxygen atoms in total. The molecule has 2 heterocycles. The fourth-order valence-corrected chi connectivity index (χ4v) is 3.12. The number of fused-ring (bicyclic) bond motifs is 1. The Morgan fingerprint density at radius 3 is 2.65 bits per heavy atom. The van der Waals surface area contributed by atoms with E-state index in [1.165, 1.54) is 16.0 Å². The Hall–Kier alpha value is -2.14. The zero-order valence-electron chi connectivity index (χ0n) is 11.7. The van der Waals surface area contributed by atoms with Crippen LogP contribution < -0.4 is 11.1 Å². The summed E-state index contributed by atoms with van der Waals surface area (Å²) in [5, 5.41) is 4.39. The van der Waals surface area contributed by atoms with Crippen LogP contribution >= 0.6 is 11.3 Å². The molecule has 0 saturated heterocycles. The van der Waals surface area contributed by atoms with E-state index >= 15 is 0 Å². The number of hydrogen-bond donors (Lipinski definition) is 2. The Kier molecular flexibility index (Phi) is 3.06. The molecule has 3 rings (SSSR count). The zero-order valence-corrected chi connectivity index (χ0v) is 12.5.